The molecule has 1 saturated carbocycles. The van der Waals surface area contributed by atoms with Gasteiger partial charge in [0.1, 0.15) is 23.9 Å². The first kappa shape index (κ1) is 49.8. The van der Waals surface area contributed by atoms with Gasteiger partial charge in [0.05, 0.1) is 18.4 Å². The fraction of sp³-hybridized carbons (Fsp3) is 0.509. The summed E-state index contributed by atoms with van der Waals surface area (Å²) in [6, 6.07) is 10.9. The maximum atomic E-state index is 14.4. The lowest BCUT2D eigenvalue weighted by molar-refractivity contribution is -0.155. The van der Waals surface area contributed by atoms with Crippen molar-refractivity contribution in [3.05, 3.63) is 84.2 Å². The van der Waals surface area contributed by atoms with E-state index < -0.39 is 41.3 Å². The quantitative estimate of drug-likeness (QED) is 0.0830. The van der Waals surface area contributed by atoms with Crippen molar-refractivity contribution >= 4 is 41.0 Å². The van der Waals surface area contributed by atoms with Gasteiger partial charge in [-0.15, -0.1) is 0 Å². The van der Waals surface area contributed by atoms with Gasteiger partial charge in [0.15, 0.2) is 0 Å². The van der Waals surface area contributed by atoms with Crippen molar-refractivity contribution in [3.8, 4) is 28.1 Å². The second kappa shape index (κ2) is 21.5. The molecule has 4 atom stereocenters. The number of aryl methyl sites for hydroxylation is 1. The van der Waals surface area contributed by atoms with Crippen LogP contribution in [0.4, 0.5) is 0 Å². The summed E-state index contributed by atoms with van der Waals surface area (Å²) in [6.07, 6.45) is 11.8. The third kappa shape index (κ3) is 11.1. The van der Waals surface area contributed by atoms with Gasteiger partial charge >= 0.3 is 5.97 Å². The summed E-state index contributed by atoms with van der Waals surface area (Å²) in [6.45, 7) is 16.4. The molecule has 6 bridgehead atoms. The zero-order valence-corrected chi connectivity index (χ0v) is 40.8. The lowest BCUT2D eigenvalue weighted by Gasteiger charge is -2.36. The van der Waals surface area contributed by atoms with Crippen LogP contribution in [0.5, 0.6) is 5.75 Å². The van der Waals surface area contributed by atoms with Crippen LogP contribution in [-0.2, 0) is 52.8 Å². The number of aromatic hydroxyl groups is 1. The number of phenolic OH excluding ortho intramolecular Hbond substituents is 1. The van der Waals surface area contributed by atoms with E-state index in [0.29, 0.717) is 50.2 Å². The number of ether oxygens (including phenoxy) is 2. The highest BCUT2D eigenvalue weighted by molar-refractivity contribution is 5.96. The van der Waals surface area contributed by atoms with E-state index in [1.807, 2.05) is 43.3 Å². The summed E-state index contributed by atoms with van der Waals surface area (Å²) in [4.78, 5) is 72.4. The largest absolute Gasteiger partial charge is 0.508 e. The zero-order chi connectivity index (χ0) is 48.9. The minimum Gasteiger partial charge on any atom is -0.508 e. The van der Waals surface area contributed by atoms with Gasteiger partial charge in [0, 0.05) is 81.0 Å². The summed E-state index contributed by atoms with van der Waals surface area (Å²) in [5.41, 5.74) is 10.1. The molecule has 4 amide bonds. The molecule has 68 heavy (non-hydrogen) atoms. The number of carbonyl (C=O) groups excluding carboxylic acids is 5. The topological polar surface area (TPSA) is 176 Å². The van der Waals surface area contributed by atoms with E-state index in [-0.39, 0.29) is 36.7 Å². The van der Waals surface area contributed by atoms with Gasteiger partial charge in [0.2, 0.25) is 18.2 Å². The summed E-state index contributed by atoms with van der Waals surface area (Å²) < 4.78 is 14.6. The van der Waals surface area contributed by atoms with Crippen LogP contribution in [0.3, 0.4) is 0 Å². The minimum absolute atomic E-state index is 0.0167. The Morgan fingerprint density at radius 1 is 1.06 bits per heavy atom. The van der Waals surface area contributed by atoms with Gasteiger partial charge in [-0.3, -0.25) is 34.0 Å². The number of benzene rings is 2. The summed E-state index contributed by atoms with van der Waals surface area (Å²) in [7, 11) is 3.31. The molecule has 2 saturated heterocycles. The number of cyclic esters (lactones) is 1. The van der Waals surface area contributed by atoms with Crippen molar-refractivity contribution < 1.29 is 38.6 Å². The second-order valence-corrected chi connectivity index (χ2v) is 19.9. The fourth-order valence-corrected chi connectivity index (χ4v) is 10.2. The number of aromatic nitrogens is 2. The average molecular weight is 932 g/mol. The number of phenols is 1. The van der Waals surface area contributed by atoms with Crippen molar-refractivity contribution in [1.29, 1.82) is 0 Å². The predicted octanol–water partition coefficient (Wildman–Crippen LogP) is 6.75. The Hall–Kier alpha value is -6.06. The number of esters is 1. The van der Waals surface area contributed by atoms with Crippen molar-refractivity contribution in [1.82, 2.24) is 35.1 Å². The van der Waals surface area contributed by atoms with Gasteiger partial charge < -0.3 is 34.3 Å². The molecule has 15 heteroatoms. The Morgan fingerprint density at radius 3 is 2.47 bits per heavy atom. The maximum Gasteiger partial charge on any atom is 0.324 e. The summed E-state index contributed by atoms with van der Waals surface area (Å²) in [5, 5.41) is 16.6. The molecule has 1 aliphatic carbocycles. The molecule has 8 rings (SSSR count). The van der Waals surface area contributed by atoms with Crippen LogP contribution in [0.15, 0.2) is 67.5 Å². The lowest BCUT2D eigenvalue weighted by Crippen LogP contribution is -2.61. The first-order valence-corrected chi connectivity index (χ1v) is 24.2. The number of methoxy groups -OCH3 is 1. The number of fused-ring (bicyclic) bond motifs is 6. The molecule has 2 aromatic heterocycles. The molecule has 0 spiro atoms. The molecular formula is C53H69N7O8. The fourth-order valence-electron chi connectivity index (χ4n) is 10.2. The Morgan fingerprint density at radius 2 is 1.81 bits per heavy atom. The molecule has 2 aromatic carbocycles. The monoisotopic (exact) mass is 932 g/mol. The third-order valence-corrected chi connectivity index (χ3v) is 13.7. The van der Waals surface area contributed by atoms with E-state index >= 15 is 0 Å². The molecule has 3 fully saturated rings. The number of likely N-dealkylation sites (tertiary alicyclic amines) is 1. The van der Waals surface area contributed by atoms with E-state index in [0.717, 1.165) is 83.2 Å². The first-order chi connectivity index (χ1) is 32.6. The van der Waals surface area contributed by atoms with Crippen LogP contribution >= 0.6 is 0 Å². The van der Waals surface area contributed by atoms with Gasteiger partial charge in [-0.2, -0.15) is 0 Å². The van der Waals surface area contributed by atoms with Crippen LogP contribution < -0.4 is 10.7 Å². The number of rotatable bonds is 11. The summed E-state index contributed by atoms with van der Waals surface area (Å²) >= 11 is 0. The molecule has 3 aliphatic heterocycles. The average Bonchev–Trinajstić information content (AvgIpc) is 3.91. The number of hydrogen-bond donors (Lipinski definition) is 3. The number of amides is 4. The number of hydrogen-bond acceptors (Lipinski definition) is 10. The van der Waals surface area contributed by atoms with Crippen molar-refractivity contribution in [3.63, 3.8) is 0 Å². The van der Waals surface area contributed by atoms with Crippen molar-refractivity contribution in [2.24, 2.45) is 17.3 Å². The lowest BCUT2D eigenvalue weighted by atomic mass is 9.83. The molecule has 4 aromatic rings. The first-order valence-electron chi connectivity index (χ1n) is 24.2. The molecule has 15 nitrogen and oxygen atoms in total. The Kier molecular flexibility index (Phi) is 15.7. The van der Waals surface area contributed by atoms with E-state index in [1.54, 1.807) is 19.2 Å². The van der Waals surface area contributed by atoms with Crippen LogP contribution in [0.2, 0.25) is 0 Å². The molecular weight excluding hydrogens is 863 g/mol. The highest BCUT2D eigenvalue weighted by Crippen LogP contribution is 2.48. The van der Waals surface area contributed by atoms with E-state index in [4.69, 9.17) is 9.47 Å². The molecule has 3 unspecified atom stereocenters. The third-order valence-electron chi connectivity index (χ3n) is 13.7. The highest BCUT2D eigenvalue weighted by Gasteiger charge is 2.38. The smallest absolute Gasteiger partial charge is 0.324 e. The normalized spacial score (nSPS) is 20.4. The Balaban J connectivity index is 0.000000682. The Bertz CT molecular complexity index is 2510. The number of pyridine rings is 1. The number of likely N-dealkylation sites (N-methyl/N-ethyl adjacent to an activating group) is 1. The van der Waals surface area contributed by atoms with Gasteiger partial charge in [-0.25, -0.2) is 5.43 Å². The molecule has 0 radical (unpaired) electrons. The minimum atomic E-state index is -1.09. The van der Waals surface area contributed by atoms with Crippen LogP contribution in [0, 0.1) is 17.3 Å². The molecule has 3 N–H and O–H groups in total. The number of hydrazine groups is 1. The molecule has 364 valence electrons. The Labute approximate surface area is 400 Å². The highest BCUT2D eigenvalue weighted by atomic mass is 16.5. The zero-order valence-electron chi connectivity index (χ0n) is 40.8. The van der Waals surface area contributed by atoms with Crippen LogP contribution in [0.25, 0.3) is 33.3 Å². The van der Waals surface area contributed by atoms with Gasteiger partial charge in [0.25, 0.3) is 5.91 Å². The second-order valence-electron chi connectivity index (χ2n) is 19.9. The molecule has 5 heterocycles. The van der Waals surface area contributed by atoms with Gasteiger partial charge in [-0.1, -0.05) is 46.4 Å². The SMILES string of the molecule is C=CC(=O)N1CCCC1.CCn1c(-c2cnccc2C(OC)C2CC2)c2c3cc(ccc31)-c1cc(O)cc(c1)CC(NC(=O)C(C(C)C)N(C)C=O)C(=O)N1CCC[C@H](N1)C(=O)OCC(C)(C)C2. The van der Waals surface area contributed by atoms with Gasteiger partial charge in [-0.05, 0) is 128 Å². The maximum absolute atomic E-state index is 14.4. The summed E-state index contributed by atoms with van der Waals surface area (Å²) in [5.74, 6) is -1.08. The van der Waals surface area contributed by atoms with Crippen LogP contribution in [-0.4, -0.2) is 118 Å². The van der Waals surface area contributed by atoms with E-state index in [9.17, 15) is 29.1 Å². The standard InChI is InChI=1S/C46H58N6O7.C7H11NO/c1-8-51-39-14-13-30-22-34(39)35(41(51)36-24-47-16-15-33(36)42(58-7)29-11-12-29)23-46(4,5)25-59-45(57)37-10-9-17-52(49-37)44(56)38(20-28-18-31(30)21-32(54)19-28)48-43(55)40(27(2)3)50(6)26-53;1-2-7(9)8-5-3-4-6-8/h13-16,18-19,21-22,24,26-27,29,37-38,40,42,49,54H,8-12,17,20,23,25H2,1-7H3,(H,48,55);2H,1,3-6H2/t37-,38?,40?,42?;/m0./s1. The number of nitrogens with one attached hydrogen (secondary N) is 2. The van der Waals surface area contributed by atoms with Crippen molar-refractivity contribution in [2.75, 3.05) is 40.4 Å². The van der Waals surface area contributed by atoms with E-state index in [1.165, 1.54) is 23.0 Å². The number of nitrogens with zero attached hydrogens (tertiary/aromatic N) is 5. The predicted molar refractivity (Wildman–Crippen MR) is 261 cm³/mol. The molecule has 4 aliphatic rings. The van der Waals surface area contributed by atoms with E-state index in [2.05, 4.69) is 65.8 Å². The number of carbonyl (C=O) groups is 5. The van der Waals surface area contributed by atoms with Crippen LogP contribution in [0.1, 0.15) is 95.9 Å². The van der Waals surface area contributed by atoms with Crippen molar-refractivity contribution in [2.45, 2.75) is 117 Å².